The molecule has 2 atom stereocenters. The minimum atomic E-state index is -4.67. The number of rotatable bonds is 2. The van der Waals surface area contributed by atoms with Crippen LogP contribution in [-0.2, 0) is 10.9 Å². The highest BCUT2D eigenvalue weighted by atomic mass is 19.4. The van der Waals surface area contributed by atoms with Gasteiger partial charge in [-0.15, -0.1) is 0 Å². The van der Waals surface area contributed by atoms with Crippen molar-refractivity contribution in [2.45, 2.75) is 76.4 Å². The summed E-state index contributed by atoms with van der Waals surface area (Å²) < 4.78 is 51.4. The van der Waals surface area contributed by atoms with Gasteiger partial charge >= 0.3 is 12.3 Å². The quantitative estimate of drug-likeness (QED) is 0.686. The van der Waals surface area contributed by atoms with Crippen LogP contribution in [0.4, 0.5) is 18.0 Å². The summed E-state index contributed by atoms with van der Waals surface area (Å²) in [6, 6.07) is 4.79. The fourth-order valence-electron chi connectivity index (χ4n) is 4.02. The van der Waals surface area contributed by atoms with Gasteiger partial charge in [0.05, 0.1) is 17.2 Å². The fraction of sp³-hybridized carbons (Fsp3) is 0.600. The summed E-state index contributed by atoms with van der Waals surface area (Å²) in [6.07, 6.45) is -1.81. The number of carbonyl (C=O) groups is 1. The van der Waals surface area contributed by atoms with E-state index in [9.17, 15) is 18.0 Å². The molecule has 8 heteroatoms. The average molecular weight is 396 g/mol. The third-order valence-corrected chi connectivity index (χ3v) is 5.09. The monoisotopic (exact) mass is 396 g/mol. The van der Waals surface area contributed by atoms with Gasteiger partial charge in [0, 0.05) is 18.9 Å². The zero-order valence-corrected chi connectivity index (χ0v) is 16.1. The molecule has 0 aromatic heterocycles. The van der Waals surface area contributed by atoms with E-state index in [4.69, 9.17) is 14.7 Å². The number of hydrogen-bond acceptors (Lipinski definition) is 4. The Labute approximate surface area is 162 Å². The molecule has 3 rings (SSSR count). The number of fused-ring (bicyclic) bond motifs is 2. The van der Waals surface area contributed by atoms with E-state index in [1.807, 2.05) is 0 Å². The van der Waals surface area contributed by atoms with Crippen molar-refractivity contribution in [3.05, 3.63) is 29.3 Å². The zero-order chi connectivity index (χ0) is 20.7. The largest absolute Gasteiger partial charge is 0.468 e. The number of piperidine rings is 1. The van der Waals surface area contributed by atoms with E-state index in [0.29, 0.717) is 19.3 Å². The van der Waals surface area contributed by atoms with Crippen molar-refractivity contribution < 1.29 is 27.4 Å². The lowest BCUT2D eigenvalue weighted by Crippen LogP contribution is -2.57. The van der Waals surface area contributed by atoms with E-state index >= 15 is 0 Å². The van der Waals surface area contributed by atoms with Gasteiger partial charge in [0.15, 0.2) is 5.72 Å². The maximum absolute atomic E-state index is 13.3. The molecular formula is C20H23F3N2O3. The Hall–Kier alpha value is -2.43. The topological polar surface area (TPSA) is 62.6 Å². The first-order chi connectivity index (χ1) is 13.0. The Balaban J connectivity index is 1.93. The molecule has 152 valence electrons. The number of nitriles is 1. The van der Waals surface area contributed by atoms with Crippen LogP contribution in [-0.4, -0.2) is 28.4 Å². The Morgan fingerprint density at radius 3 is 2.57 bits per heavy atom. The number of benzene rings is 1. The molecule has 2 saturated heterocycles. The normalized spacial score (nSPS) is 24.6. The smallest absolute Gasteiger partial charge is 0.417 e. The maximum atomic E-state index is 13.3. The summed E-state index contributed by atoms with van der Waals surface area (Å²) in [5.41, 5.74) is -3.22. The van der Waals surface area contributed by atoms with Crippen LogP contribution in [0.3, 0.4) is 0 Å². The van der Waals surface area contributed by atoms with Crippen LogP contribution in [0.25, 0.3) is 0 Å². The second kappa shape index (κ2) is 6.87. The van der Waals surface area contributed by atoms with Gasteiger partial charge in [-0.25, -0.2) is 4.79 Å². The molecule has 1 amide bonds. The molecule has 2 aliphatic heterocycles. The minimum Gasteiger partial charge on any atom is -0.468 e. The number of amides is 1. The van der Waals surface area contributed by atoms with Crippen LogP contribution in [0.1, 0.15) is 64.0 Å². The van der Waals surface area contributed by atoms with E-state index in [1.165, 1.54) is 6.07 Å². The minimum absolute atomic E-state index is 0.0116. The first-order valence-corrected chi connectivity index (χ1v) is 9.28. The van der Waals surface area contributed by atoms with E-state index in [1.54, 1.807) is 31.7 Å². The number of carbonyl (C=O) groups excluding carboxylic acids is 1. The predicted octanol–water partition coefficient (Wildman–Crippen LogP) is 5.24. The number of halogens is 3. The number of ether oxygens (including phenoxy) is 2. The highest BCUT2D eigenvalue weighted by molar-refractivity contribution is 5.70. The molecule has 2 unspecified atom stereocenters. The third-order valence-electron chi connectivity index (χ3n) is 5.09. The molecule has 0 radical (unpaired) electrons. The molecule has 2 fully saturated rings. The summed E-state index contributed by atoms with van der Waals surface area (Å²) >= 11 is 0. The summed E-state index contributed by atoms with van der Waals surface area (Å²) in [4.78, 5) is 14.4. The van der Waals surface area contributed by atoms with Crippen molar-refractivity contribution in [1.29, 1.82) is 5.26 Å². The first-order valence-electron chi connectivity index (χ1n) is 9.28. The molecule has 1 aromatic carbocycles. The van der Waals surface area contributed by atoms with Crippen molar-refractivity contribution in [3.63, 3.8) is 0 Å². The number of hydrogen-bond donors (Lipinski definition) is 0. The van der Waals surface area contributed by atoms with Gasteiger partial charge in [0.1, 0.15) is 11.4 Å². The second-order valence-electron chi connectivity index (χ2n) is 8.30. The predicted molar refractivity (Wildman–Crippen MR) is 94.5 cm³/mol. The van der Waals surface area contributed by atoms with Gasteiger partial charge in [-0.1, -0.05) is 0 Å². The summed E-state index contributed by atoms with van der Waals surface area (Å²) in [6.45, 7) is 5.29. The van der Waals surface area contributed by atoms with Gasteiger partial charge in [-0.3, -0.25) is 4.90 Å². The van der Waals surface area contributed by atoms with Crippen molar-refractivity contribution >= 4 is 6.09 Å². The molecule has 0 N–H and O–H groups in total. The SMILES string of the molecule is CC(C)(C)OC(=O)N1C2CCCC1(Oc1ccc(C#N)c(C(F)(F)F)c1)CC2. The average Bonchev–Trinajstić information content (AvgIpc) is 2.79. The van der Waals surface area contributed by atoms with Gasteiger partial charge in [-0.2, -0.15) is 18.4 Å². The van der Waals surface area contributed by atoms with E-state index in [-0.39, 0.29) is 11.8 Å². The zero-order valence-electron chi connectivity index (χ0n) is 16.1. The lowest BCUT2D eigenvalue weighted by molar-refractivity contribution is -0.138. The maximum Gasteiger partial charge on any atom is 0.417 e. The van der Waals surface area contributed by atoms with Crippen LogP contribution in [0, 0.1) is 11.3 Å². The standard InChI is InChI=1S/C20H23F3N2O3/c1-18(2,3)28-17(26)25-14-5-4-9-19(25,10-8-14)27-15-7-6-13(12-24)16(11-15)20(21,22)23/h6-7,11,14H,4-5,8-10H2,1-3H3. The van der Waals surface area contributed by atoms with Crippen molar-refractivity contribution in [2.75, 3.05) is 0 Å². The molecule has 1 aromatic rings. The van der Waals surface area contributed by atoms with Crippen molar-refractivity contribution in [1.82, 2.24) is 4.90 Å². The Morgan fingerprint density at radius 2 is 1.96 bits per heavy atom. The second-order valence-corrected chi connectivity index (χ2v) is 8.30. The van der Waals surface area contributed by atoms with Crippen LogP contribution >= 0.6 is 0 Å². The van der Waals surface area contributed by atoms with Crippen molar-refractivity contribution in [2.24, 2.45) is 0 Å². The van der Waals surface area contributed by atoms with Gasteiger partial charge in [-0.05, 0) is 58.2 Å². The number of alkyl halides is 3. The van der Waals surface area contributed by atoms with Gasteiger partial charge < -0.3 is 9.47 Å². The van der Waals surface area contributed by atoms with Crippen molar-refractivity contribution in [3.8, 4) is 11.8 Å². The Morgan fingerprint density at radius 1 is 1.25 bits per heavy atom. The van der Waals surface area contributed by atoms with Crippen LogP contribution < -0.4 is 4.74 Å². The Bertz CT molecular complexity index is 806. The molecule has 0 spiro atoms. The molecular weight excluding hydrogens is 373 g/mol. The lowest BCUT2D eigenvalue weighted by Gasteiger charge is -2.44. The van der Waals surface area contributed by atoms with E-state index in [2.05, 4.69) is 0 Å². The summed E-state index contributed by atoms with van der Waals surface area (Å²) in [7, 11) is 0. The molecule has 5 nitrogen and oxygen atoms in total. The molecule has 0 aliphatic carbocycles. The number of nitrogens with zero attached hydrogens (tertiary/aromatic N) is 2. The summed E-state index contributed by atoms with van der Waals surface area (Å²) in [5, 5.41) is 8.96. The van der Waals surface area contributed by atoms with E-state index in [0.717, 1.165) is 25.0 Å². The van der Waals surface area contributed by atoms with E-state index < -0.39 is 34.7 Å². The molecule has 2 aliphatic rings. The third kappa shape index (κ3) is 3.89. The molecule has 2 bridgehead atoms. The summed E-state index contributed by atoms with van der Waals surface area (Å²) in [5.74, 6) is -0.0116. The van der Waals surface area contributed by atoms with Crippen LogP contribution in [0.5, 0.6) is 5.75 Å². The highest BCUT2D eigenvalue weighted by Crippen LogP contribution is 2.46. The van der Waals surface area contributed by atoms with Gasteiger partial charge in [0.25, 0.3) is 0 Å². The fourth-order valence-corrected chi connectivity index (χ4v) is 4.02. The molecule has 0 saturated carbocycles. The van der Waals surface area contributed by atoms with Gasteiger partial charge in [0.2, 0.25) is 0 Å². The first kappa shape index (κ1) is 20.3. The molecule has 28 heavy (non-hydrogen) atoms. The highest BCUT2D eigenvalue weighted by Gasteiger charge is 2.54. The Kier molecular flexibility index (Phi) is 4.98. The van der Waals surface area contributed by atoms with Crippen LogP contribution in [0.2, 0.25) is 0 Å². The lowest BCUT2D eigenvalue weighted by atomic mass is 9.99. The molecule has 2 heterocycles. The van der Waals surface area contributed by atoms with Crippen LogP contribution in [0.15, 0.2) is 18.2 Å².